The molecule has 0 saturated carbocycles. The molecule has 0 unspecified atom stereocenters. The van der Waals surface area contributed by atoms with Crippen molar-refractivity contribution in [3.05, 3.63) is 71.1 Å². The summed E-state index contributed by atoms with van der Waals surface area (Å²) in [6.07, 6.45) is 2.15. The number of morpholine rings is 1. The van der Waals surface area contributed by atoms with Crippen molar-refractivity contribution in [3.8, 4) is 22.9 Å². The number of carbonyl (C=O) groups is 2. The van der Waals surface area contributed by atoms with Gasteiger partial charge in [-0.3, -0.25) is 14.5 Å². The first-order chi connectivity index (χ1) is 20.4. The zero-order valence-electron chi connectivity index (χ0n) is 24.3. The van der Waals surface area contributed by atoms with Crippen molar-refractivity contribution in [2.45, 2.75) is 19.4 Å². The Hall–Kier alpha value is -4.35. The number of Topliss-reactive ketones (excluding diaryl/α,β-unsaturated/α-hetero) is 1. The lowest BCUT2D eigenvalue weighted by Crippen LogP contribution is -2.39. The number of hydrogen-bond donors (Lipinski definition) is 1. The number of rotatable bonds is 10. The molecule has 2 fully saturated rings. The molecular formula is C31H36N4O7. The van der Waals surface area contributed by atoms with Crippen LogP contribution in [0.25, 0.3) is 11.4 Å². The highest BCUT2D eigenvalue weighted by atomic mass is 16.5. The molecule has 3 aromatic rings. The van der Waals surface area contributed by atoms with Crippen LogP contribution in [0.2, 0.25) is 0 Å². The second-order valence-corrected chi connectivity index (χ2v) is 10.1. The molecule has 0 aliphatic carbocycles. The quantitative estimate of drug-likeness (QED) is 0.220. The summed E-state index contributed by atoms with van der Waals surface area (Å²) in [5.41, 5.74) is 2.32. The van der Waals surface area contributed by atoms with Gasteiger partial charge < -0.3 is 29.0 Å². The largest absolute Gasteiger partial charge is 0.507 e. The first kappa shape index (κ1) is 29.2. The molecule has 0 bridgehead atoms. The van der Waals surface area contributed by atoms with Crippen LogP contribution in [0, 0.1) is 6.92 Å². The molecule has 2 aliphatic heterocycles. The molecule has 2 aromatic carbocycles. The number of aromatic nitrogens is 2. The third-order valence-corrected chi connectivity index (χ3v) is 7.79. The third-order valence-electron chi connectivity index (χ3n) is 7.79. The van der Waals surface area contributed by atoms with E-state index in [2.05, 4.69) is 10.00 Å². The molecule has 11 heteroatoms. The average Bonchev–Trinajstić information content (AvgIpc) is 3.53. The molecule has 3 heterocycles. The van der Waals surface area contributed by atoms with E-state index in [1.54, 1.807) is 16.8 Å². The average molecular weight is 577 g/mol. The van der Waals surface area contributed by atoms with Crippen LogP contribution >= 0.6 is 0 Å². The summed E-state index contributed by atoms with van der Waals surface area (Å²) in [6.45, 7) is 5.85. The number of aliphatic hydroxyl groups is 1. The van der Waals surface area contributed by atoms with E-state index in [1.165, 1.54) is 32.4 Å². The summed E-state index contributed by atoms with van der Waals surface area (Å²) >= 11 is 0. The Bertz CT molecular complexity index is 1450. The number of ketones is 1. The van der Waals surface area contributed by atoms with Crippen molar-refractivity contribution in [3.63, 3.8) is 0 Å². The highest BCUT2D eigenvalue weighted by Gasteiger charge is 2.46. The number of aliphatic hydroxyl groups excluding tert-OH is 1. The predicted octanol–water partition coefficient (Wildman–Crippen LogP) is 3.35. The summed E-state index contributed by atoms with van der Waals surface area (Å²) < 4.78 is 23.8. The Morgan fingerprint density at radius 3 is 2.29 bits per heavy atom. The van der Waals surface area contributed by atoms with Crippen LogP contribution in [-0.2, 0) is 14.3 Å². The second-order valence-electron chi connectivity index (χ2n) is 10.1. The first-order valence-corrected chi connectivity index (χ1v) is 13.9. The monoisotopic (exact) mass is 576 g/mol. The molecule has 1 amide bonds. The molecule has 11 nitrogen and oxygen atoms in total. The fourth-order valence-electron chi connectivity index (χ4n) is 5.62. The lowest BCUT2D eigenvalue weighted by molar-refractivity contribution is -0.140. The molecule has 0 spiro atoms. The molecule has 1 N–H and O–H groups in total. The van der Waals surface area contributed by atoms with Crippen LogP contribution < -0.4 is 14.2 Å². The van der Waals surface area contributed by atoms with Crippen molar-refractivity contribution in [1.29, 1.82) is 0 Å². The van der Waals surface area contributed by atoms with Gasteiger partial charge >= 0.3 is 0 Å². The lowest BCUT2D eigenvalue weighted by atomic mass is 9.94. The molecule has 2 aliphatic rings. The van der Waals surface area contributed by atoms with E-state index in [0.717, 1.165) is 25.3 Å². The van der Waals surface area contributed by atoms with Crippen molar-refractivity contribution in [2.75, 3.05) is 60.7 Å². The standard InChI is InChI=1S/C31H36N4O7/c1-20-23(19-32-35(20)22-9-6-5-7-10-22)28(36)26-27(21-17-24(39-2)30(41-4)25(18-21)40-3)34(31(38)29(26)37)12-8-11-33-13-15-42-16-14-33/h5-7,9-10,17-19,27,36H,8,11-16H2,1-4H3/t27-/m0/s1. The molecule has 1 aromatic heterocycles. The highest BCUT2D eigenvalue weighted by Crippen LogP contribution is 2.46. The number of methoxy groups -OCH3 is 3. The van der Waals surface area contributed by atoms with Crippen LogP contribution in [0.4, 0.5) is 0 Å². The molecule has 42 heavy (non-hydrogen) atoms. The summed E-state index contributed by atoms with van der Waals surface area (Å²) in [4.78, 5) is 31.0. The van der Waals surface area contributed by atoms with E-state index in [0.29, 0.717) is 60.2 Å². The number of ether oxygens (including phenoxy) is 4. The second kappa shape index (κ2) is 12.7. The number of amides is 1. The zero-order valence-corrected chi connectivity index (χ0v) is 24.3. The Labute approximate surface area is 244 Å². The first-order valence-electron chi connectivity index (χ1n) is 13.9. The Kier molecular flexibility index (Phi) is 8.79. The van der Waals surface area contributed by atoms with E-state index in [9.17, 15) is 14.7 Å². The predicted molar refractivity (Wildman–Crippen MR) is 155 cm³/mol. The van der Waals surface area contributed by atoms with E-state index >= 15 is 0 Å². The van der Waals surface area contributed by atoms with Gasteiger partial charge in [0.2, 0.25) is 5.75 Å². The fraction of sp³-hybridized carbons (Fsp3) is 0.387. The molecule has 1 atom stereocenters. The van der Waals surface area contributed by atoms with Gasteiger partial charge in [0.25, 0.3) is 11.7 Å². The number of hydrogen-bond acceptors (Lipinski definition) is 9. The topological polar surface area (TPSA) is 116 Å². The number of benzene rings is 2. The fourth-order valence-corrected chi connectivity index (χ4v) is 5.62. The van der Waals surface area contributed by atoms with Gasteiger partial charge in [0.05, 0.1) is 69.3 Å². The van der Waals surface area contributed by atoms with Gasteiger partial charge in [-0.15, -0.1) is 0 Å². The van der Waals surface area contributed by atoms with Gasteiger partial charge in [0.1, 0.15) is 5.76 Å². The number of carbonyl (C=O) groups excluding carboxylic acids is 2. The van der Waals surface area contributed by atoms with Gasteiger partial charge in [-0.2, -0.15) is 5.10 Å². The van der Waals surface area contributed by atoms with Crippen LogP contribution in [0.1, 0.15) is 29.3 Å². The van der Waals surface area contributed by atoms with Gasteiger partial charge in [-0.1, -0.05) is 18.2 Å². The Morgan fingerprint density at radius 2 is 1.67 bits per heavy atom. The van der Waals surface area contributed by atoms with Gasteiger partial charge in [-0.25, -0.2) is 4.68 Å². The van der Waals surface area contributed by atoms with Gasteiger partial charge in [0, 0.05) is 26.2 Å². The Balaban J connectivity index is 1.59. The van der Waals surface area contributed by atoms with Crippen LogP contribution in [0.15, 0.2) is 54.2 Å². The van der Waals surface area contributed by atoms with E-state index < -0.39 is 17.7 Å². The molecular weight excluding hydrogens is 540 g/mol. The number of para-hydroxylation sites is 1. The summed E-state index contributed by atoms with van der Waals surface area (Å²) in [7, 11) is 4.51. The van der Waals surface area contributed by atoms with Crippen molar-refractivity contribution in [2.24, 2.45) is 0 Å². The molecule has 2 saturated heterocycles. The Morgan fingerprint density at radius 1 is 1.00 bits per heavy atom. The normalized spacial score (nSPS) is 18.9. The van der Waals surface area contributed by atoms with Crippen LogP contribution in [-0.4, -0.2) is 97.1 Å². The number of likely N-dealkylation sites (tertiary alicyclic amines) is 1. The maximum absolute atomic E-state index is 13.6. The molecule has 5 rings (SSSR count). The SMILES string of the molecule is COc1cc([C@H]2C(=C(O)c3cnn(-c4ccccc4)c3C)C(=O)C(=O)N2CCCN2CCOCC2)cc(OC)c1OC. The van der Waals surface area contributed by atoms with E-state index in [-0.39, 0.29) is 11.3 Å². The summed E-state index contributed by atoms with van der Waals surface area (Å²) in [5, 5.41) is 16.2. The van der Waals surface area contributed by atoms with Crippen molar-refractivity contribution in [1.82, 2.24) is 19.6 Å². The third kappa shape index (κ3) is 5.45. The maximum Gasteiger partial charge on any atom is 0.295 e. The molecule has 222 valence electrons. The van der Waals surface area contributed by atoms with Crippen molar-refractivity contribution >= 4 is 17.4 Å². The lowest BCUT2D eigenvalue weighted by Gasteiger charge is -2.29. The van der Waals surface area contributed by atoms with E-state index in [4.69, 9.17) is 18.9 Å². The van der Waals surface area contributed by atoms with Gasteiger partial charge in [0.15, 0.2) is 11.5 Å². The maximum atomic E-state index is 13.6. The zero-order chi connectivity index (χ0) is 29.8. The summed E-state index contributed by atoms with van der Waals surface area (Å²) in [6, 6.07) is 12.0. The smallest absolute Gasteiger partial charge is 0.295 e. The van der Waals surface area contributed by atoms with Crippen LogP contribution in [0.3, 0.4) is 0 Å². The minimum absolute atomic E-state index is 0.0173. The minimum Gasteiger partial charge on any atom is -0.507 e. The minimum atomic E-state index is -0.886. The number of nitrogens with zero attached hydrogens (tertiary/aromatic N) is 4. The highest BCUT2D eigenvalue weighted by molar-refractivity contribution is 6.46. The van der Waals surface area contributed by atoms with Gasteiger partial charge in [-0.05, 0) is 43.2 Å². The summed E-state index contributed by atoms with van der Waals surface area (Å²) in [5.74, 6) is -0.594. The van der Waals surface area contributed by atoms with E-state index in [1.807, 2.05) is 37.3 Å². The molecule has 0 radical (unpaired) electrons. The van der Waals surface area contributed by atoms with Crippen LogP contribution in [0.5, 0.6) is 17.2 Å². The van der Waals surface area contributed by atoms with Crippen molar-refractivity contribution < 1.29 is 33.6 Å².